The smallest absolute Gasteiger partial charge is 0.261 e. The first kappa shape index (κ1) is 13.1. The highest BCUT2D eigenvalue weighted by Crippen LogP contribution is 2.14. The SMILES string of the molecule is O=c1c2ccc(Br)cc2ncn1CCCn1ccnc1. The van der Waals surface area contributed by atoms with Gasteiger partial charge in [-0.05, 0) is 24.6 Å². The van der Waals surface area contributed by atoms with Crippen LogP contribution in [0.4, 0.5) is 0 Å². The third-order valence-corrected chi connectivity index (χ3v) is 3.66. The van der Waals surface area contributed by atoms with Gasteiger partial charge in [0.25, 0.3) is 5.56 Å². The standard InChI is InChI=1S/C14H13BrN4O/c15-11-2-3-12-13(8-11)17-10-19(14(12)20)6-1-5-18-7-4-16-9-18/h2-4,7-10H,1,5-6H2. The lowest BCUT2D eigenvalue weighted by Crippen LogP contribution is -2.21. The van der Waals surface area contributed by atoms with Gasteiger partial charge in [-0.3, -0.25) is 9.36 Å². The summed E-state index contributed by atoms with van der Waals surface area (Å²) in [5, 5.41) is 0.651. The maximum absolute atomic E-state index is 12.3. The average Bonchev–Trinajstić information content (AvgIpc) is 2.94. The van der Waals surface area contributed by atoms with E-state index in [1.807, 2.05) is 22.9 Å². The summed E-state index contributed by atoms with van der Waals surface area (Å²) in [5.41, 5.74) is 0.725. The fourth-order valence-electron chi connectivity index (χ4n) is 2.13. The summed E-state index contributed by atoms with van der Waals surface area (Å²) in [4.78, 5) is 20.6. The number of aromatic nitrogens is 4. The third kappa shape index (κ3) is 2.65. The van der Waals surface area contributed by atoms with Gasteiger partial charge in [-0.15, -0.1) is 0 Å². The van der Waals surface area contributed by atoms with E-state index >= 15 is 0 Å². The minimum Gasteiger partial charge on any atom is -0.337 e. The number of hydrogen-bond acceptors (Lipinski definition) is 3. The van der Waals surface area contributed by atoms with E-state index in [0.29, 0.717) is 11.9 Å². The van der Waals surface area contributed by atoms with Gasteiger partial charge in [-0.1, -0.05) is 15.9 Å². The predicted molar refractivity (Wildman–Crippen MR) is 80.5 cm³/mol. The monoisotopic (exact) mass is 332 g/mol. The van der Waals surface area contributed by atoms with E-state index in [1.54, 1.807) is 29.5 Å². The Morgan fingerprint density at radius 2 is 2.10 bits per heavy atom. The number of benzene rings is 1. The normalized spacial score (nSPS) is 11.1. The lowest BCUT2D eigenvalue weighted by molar-refractivity contribution is 0.550. The van der Waals surface area contributed by atoms with Gasteiger partial charge < -0.3 is 4.57 Å². The number of halogens is 1. The molecule has 0 atom stereocenters. The van der Waals surface area contributed by atoms with Crippen molar-refractivity contribution >= 4 is 26.8 Å². The maximum atomic E-state index is 12.3. The molecule has 1 aromatic carbocycles. The summed E-state index contributed by atoms with van der Waals surface area (Å²) in [7, 11) is 0. The van der Waals surface area contributed by atoms with E-state index in [0.717, 1.165) is 23.0 Å². The molecule has 0 amide bonds. The number of aryl methyl sites for hydroxylation is 2. The Labute approximate surface area is 124 Å². The summed E-state index contributed by atoms with van der Waals surface area (Å²) in [6.45, 7) is 1.49. The van der Waals surface area contributed by atoms with Crippen molar-refractivity contribution in [2.75, 3.05) is 0 Å². The van der Waals surface area contributed by atoms with Crippen molar-refractivity contribution < 1.29 is 0 Å². The molecule has 6 heteroatoms. The van der Waals surface area contributed by atoms with Crippen LogP contribution < -0.4 is 5.56 Å². The first-order chi connectivity index (χ1) is 9.74. The maximum Gasteiger partial charge on any atom is 0.261 e. The molecule has 0 fully saturated rings. The Kier molecular flexibility index (Phi) is 3.64. The lowest BCUT2D eigenvalue weighted by Gasteiger charge is -2.07. The highest BCUT2D eigenvalue weighted by atomic mass is 79.9. The van der Waals surface area contributed by atoms with Crippen LogP contribution in [0.2, 0.25) is 0 Å². The van der Waals surface area contributed by atoms with E-state index in [4.69, 9.17) is 0 Å². The van der Waals surface area contributed by atoms with Crippen molar-refractivity contribution in [3.8, 4) is 0 Å². The molecule has 0 bridgehead atoms. The molecule has 5 nitrogen and oxygen atoms in total. The first-order valence-electron chi connectivity index (χ1n) is 6.34. The summed E-state index contributed by atoms with van der Waals surface area (Å²) >= 11 is 3.38. The quantitative estimate of drug-likeness (QED) is 0.737. The van der Waals surface area contributed by atoms with Crippen molar-refractivity contribution in [2.45, 2.75) is 19.5 Å². The molecule has 102 valence electrons. The van der Waals surface area contributed by atoms with Crippen LogP contribution in [-0.2, 0) is 13.1 Å². The van der Waals surface area contributed by atoms with Crippen molar-refractivity contribution in [3.05, 3.63) is 58.1 Å². The van der Waals surface area contributed by atoms with Gasteiger partial charge >= 0.3 is 0 Å². The van der Waals surface area contributed by atoms with E-state index in [1.165, 1.54) is 0 Å². The Bertz CT molecular complexity index is 779. The van der Waals surface area contributed by atoms with Crippen LogP contribution in [-0.4, -0.2) is 19.1 Å². The second-order valence-electron chi connectivity index (χ2n) is 4.56. The Balaban J connectivity index is 1.80. The number of rotatable bonds is 4. The fourth-order valence-corrected chi connectivity index (χ4v) is 2.48. The zero-order chi connectivity index (χ0) is 13.9. The van der Waals surface area contributed by atoms with Crippen LogP contribution in [0, 0.1) is 0 Å². The first-order valence-corrected chi connectivity index (χ1v) is 7.14. The van der Waals surface area contributed by atoms with Gasteiger partial charge in [-0.2, -0.15) is 0 Å². The van der Waals surface area contributed by atoms with Crippen molar-refractivity contribution in [3.63, 3.8) is 0 Å². The molecule has 0 saturated heterocycles. The van der Waals surface area contributed by atoms with Gasteiger partial charge in [-0.25, -0.2) is 9.97 Å². The van der Waals surface area contributed by atoms with E-state index in [9.17, 15) is 4.79 Å². The lowest BCUT2D eigenvalue weighted by atomic mass is 10.2. The zero-order valence-corrected chi connectivity index (χ0v) is 12.3. The van der Waals surface area contributed by atoms with Crippen LogP contribution in [0.5, 0.6) is 0 Å². The van der Waals surface area contributed by atoms with E-state index < -0.39 is 0 Å². The van der Waals surface area contributed by atoms with E-state index in [-0.39, 0.29) is 5.56 Å². The molecule has 0 saturated carbocycles. The van der Waals surface area contributed by atoms with Gasteiger partial charge in [0.15, 0.2) is 0 Å². The second kappa shape index (κ2) is 5.58. The predicted octanol–water partition coefficient (Wildman–Crippen LogP) is 2.45. The number of imidazole rings is 1. The Morgan fingerprint density at radius 3 is 2.90 bits per heavy atom. The summed E-state index contributed by atoms with van der Waals surface area (Å²) in [5.74, 6) is 0. The molecule has 3 rings (SSSR count). The van der Waals surface area contributed by atoms with Crippen LogP contribution >= 0.6 is 15.9 Å². The molecule has 0 aliphatic heterocycles. The van der Waals surface area contributed by atoms with Crippen LogP contribution in [0.1, 0.15) is 6.42 Å². The second-order valence-corrected chi connectivity index (χ2v) is 5.47. The van der Waals surface area contributed by atoms with Gasteiger partial charge in [0, 0.05) is 30.0 Å². The van der Waals surface area contributed by atoms with Crippen molar-refractivity contribution in [1.82, 2.24) is 19.1 Å². The highest BCUT2D eigenvalue weighted by Gasteiger charge is 2.04. The molecule has 20 heavy (non-hydrogen) atoms. The highest BCUT2D eigenvalue weighted by molar-refractivity contribution is 9.10. The fraction of sp³-hybridized carbons (Fsp3) is 0.214. The molecule has 0 aliphatic carbocycles. The molecule has 0 spiro atoms. The number of fused-ring (bicyclic) bond motifs is 1. The van der Waals surface area contributed by atoms with Crippen molar-refractivity contribution in [2.24, 2.45) is 0 Å². The zero-order valence-electron chi connectivity index (χ0n) is 10.7. The molecular formula is C14H13BrN4O. The van der Waals surface area contributed by atoms with E-state index in [2.05, 4.69) is 25.9 Å². The third-order valence-electron chi connectivity index (χ3n) is 3.16. The van der Waals surface area contributed by atoms with Crippen LogP contribution in [0.25, 0.3) is 10.9 Å². The molecule has 0 N–H and O–H groups in total. The number of nitrogens with zero attached hydrogens (tertiary/aromatic N) is 4. The van der Waals surface area contributed by atoms with Crippen LogP contribution in [0.15, 0.2) is 52.5 Å². The number of hydrogen-bond donors (Lipinski definition) is 0. The molecule has 0 unspecified atom stereocenters. The molecule has 2 heterocycles. The summed E-state index contributed by atoms with van der Waals surface area (Å²) < 4.78 is 4.58. The summed E-state index contributed by atoms with van der Waals surface area (Å²) in [6, 6.07) is 5.52. The molecular weight excluding hydrogens is 320 g/mol. The van der Waals surface area contributed by atoms with Crippen LogP contribution in [0.3, 0.4) is 0 Å². The van der Waals surface area contributed by atoms with Gasteiger partial charge in [0.1, 0.15) is 0 Å². The minimum atomic E-state index is 0.00753. The van der Waals surface area contributed by atoms with Gasteiger partial charge in [0.2, 0.25) is 0 Å². The average molecular weight is 333 g/mol. The molecule has 2 aromatic heterocycles. The topological polar surface area (TPSA) is 52.7 Å². The molecule has 0 aliphatic rings. The molecule has 3 aromatic rings. The Morgan fingerprint density at radius 1 is 1.20 bits per heavy atom. The Hall–Kier alpha value is -1.95. The van der Waals surface area contributed by atoms with Gasteiger partial charge in [0.05, 0.1) is 23.6 Å². The van der Waals surface area contributed by atoms with Crippen molar-refractivity contribution in [1.29, 1.82) is 0 Å². The minimum absolute atomic E-state index is 0.00753. The molecule has 0 radical (unpaired) electrons. The summed E-state index contributed by atoms with van der Waals surface area (Å²) in [6.07, 6.45) is 7.92. The largest absolute Gasteiger partial charge is 0.337 e.